The lowest BCUT2D eigenvalue weighted by molar-refractivity contribution is -0.0459. The van der Waals surface area contributed by atoms with Gasteiger partial charge in [0.15, 0.2) is 0 Å². The maximum atomic E-state index is 12.8. The molecule has 8 aliphatic rings. The first-order chi connectivity index (χ1) is 13.6. The number of aliphatic hydroxyl groups excluding tert-OH is 2. The van der Waals surface area contributed by atoms with Crippen LogP contribution in [0.15, 0.2) is 15.8 Å². The van der Waals surface area contributed by atoms with Crippen LogP contribution >= 0.6 is 0 Å². The number of H-pyrrole nitrogens is 1. The number of ether oxygens (including phenoxy) is 1. The standard InChI is InChI=1S/C11H12B10N2O5/c24-3-6-5(25)1-7(28-6)23-2-4(8(26)22-10(23)27)11-15-16(11)21-17(11)20(15)18-12-9-13(12)19(21)14(9)18/h2,5-7,9,24-25H,1,3H2,(H,22,26,27). The maximum Gasteiger partial charge on any atom is 0.330 e. The molecule has 0 aliphatic carbocycles. The van der Waals surface area contributed by atoms with E-state index in [4.69, 9.17) is 4.74 Å². The minimum atomic E-state index is -0.800. The highest BCUT2D eigenvalue weighted by atomic mass is 16.5. The van der Waals surface area contributed by atoms with E-state index in [9.17, 15) is 19.8 Å². The summed E-state index contributed by atoms with van der Waals surface area (Å²) in [5, 5.41) is 19.4. The van der Waals surface area contributed by atoms with Crippen LogP contribution in [-0.2, 0) is 9.85 Å². The molecular weight excluding hydrogens is 348 g/mol. The molecule has 1 aromatic rings. The zero-order valence-electron chi connectivity index (χ0n) is 15.1. The van der Waals surface area contributed by atoms with Gasteiger partial charge in [-0.3, -0.25) is 14.3 Å². The van der Waals surface area contributed by atoms with E-state index in [1.165, 1.54) is 4.57 Å². The van der Waals surface area contributed by atoms with Crippen molar-refractivity contribution in [3.05, 3.63) is 32.6 Å². The van der Waals surface area contributed by atoms with Crippen LogP contribution in [0.2, 0.25) is 5.62 Å². The molecule has 0 spiro atoms. The van der Waals surface area contributed by atoms with Crippen LogP contribution in [0, 0.1) is 0 Å². The van der Waals surface area contributed by atoms with Gasteiger partial charge in [-0.2, -0.15) is 0 Å². The minimum absolute atomic E-state index is 0.0387. The van der Waals surface area contributed by atoms with Crippen LogP contribution in [0.1, 0.15) is 18.2 Å². The van der Waals surface area contributed by atoms with E-state index in [2.05, 4.69) is 4.98 Å². The Labute approximate surface area is 164 Å². The highest BCUT2D eigenvalue weighted by molar-refractivity contribution is 8.49. The van der Waals surface area contributed by atoms with Crippen molar-refractivity contribution in [2.24, 2.45) is 0 Å². The average Bonchev–Trinajstić information content (AvgIpc) is 3.02. The van der Waals surface area contributed by atoms with Crippen molar-refractivity contribution in [3.8, 4) is 0 Å². The van der Waals surface area contributed by atoms with Crippen molar-refractivity contribution in [2.75, 3.05) is 6.61 Å². The first-order valence-electron chi connectivity index (χ1n) is 10.9. The number of aliphatic hydroxyl groups is 2. The number of hydrogen-bond acceptors (Lipinski definition) is 5. The Kier molecular flexibility index (Phi) is 2.18. The van der Waals surface area contributed by atoms with Crippen molar-refractivity contribution >= 4 is 64.5 Å². The van der Waals surface area contributed by atoms with Crippen LogP contribution in [0.4, 0.5) is 0 Å². The zero-order valence-corrected chi connectivity index (χ0v) is 15.1. The molecule has 3 atom stereocenters. The number of hydrogen-bond donors (Lipinski definition) is 3. The fraction of sp³-hybridized carbons (Fsp3) is 0.636. The molecule has 8 saturated heterocycles. The predicted octanol–water partition coefficient (Wildman–Crippen LogP) is -5.53. The van der Waals surface area contributed by atoms with Crippen molar-refractivity contribution < 1.29 is 14.9 Å². The van der Waals surface area contributed by atoms with Crippen molar-refractivity contribution in [3.63, 3.8) is 0 Å². The van der Waals surface area contributed by atoms with E-state index in [-0.39, 0.29) is 23.7 Å². The summed E-state index contributed by atoms with van der Waals surface area (Å²) in [4.78, 5) is 27.8. The molecule has 3 unspecified atom stereocenters. The highest BCUT2D eigenvalue weighted by Gasteiger charge is 3.06. The Morgan fingerprint density at radius 1 is 1.14 bits per heavy atom. The molecule has 7 nitrogen and oxygen atoms in total. The number of aromatic amines is 1. The molecule has 9 heterocycles. The third kappa shape index (κ3) is 1.15. The van der Waals surface area contributed by atoms with E-state index in [1.54, 1.807) is 6.20 Å². The number of fused-ring (bicyclic) bond motifs is 8. The summed E-state index contributed by atoms with van der Waals surface area (Å²) in [6, 6.07) is 0. The molecule has 126 valence electrons. The van der Waals surface area contributed by atoms with Crippen molar-refractivity contribution in [1.82, 2.24) is 9.55 Å². The molecule has 0 amide bonds. The van der Waals surface area contributed by atoms with E-state index in [0.717, 1.165) is 56.2 Å². The molecule has 3 N–H and O–H groups in total. The second-order valence-electron chi connectivity index (χ2n) is 11.0. The molecule has 1 aromatic heterocycles. The Morgan fingerprint density at radius 2 is 1.86 bits per heavy atom. The van der Waals surface area contributed by atoms with Gasteiger partial charge in [0.05, 0.1) is 12.7 Å². The van der Waals surface area contributed by atoms with Crippen LogP contribution in [-0.4, -0.2) is 103 Å². The highest BCUT2D eigenvalue weighted by Crippen LogP contribution is 2.77. The van der Waals surface area contributed by atoms with E-state index < -0.39 is 24.1 Å². The van der Waals surface area contributed by atoms with Crippen LogP contribution in [0.3, 0.4) is 0 Å². The number of nitrogens with zero attached hydrogens (tertiary/aromatic N) is 1. The molecule has 0 bridgehead atoms. The second kappa shape index (κ2) is 4.04. The minimum Gasteiger partial charge on any atom is -0.394 e. The fourth-order valence-electron chi connectivity index (χ4n) is 10.6. The molecule has 0 aromatic carbocycles. The summed E-state index contributed by atoms with van der Waals surface area (Å²) in [6.07, 6.45) is 3.52. The Balaban J connectivity index is 1.12. The third-order valence-electron chi connectivity index (χ3n) is 11.0. The smallest absolute Gasteiger partial charge is 0.330 e. The van der Waals surface area contributed by atoms with Gasteiger partial charge < -0.3 is 14.9 Å². The van der Waals surface area contributed by atoms with Gasteiger partial charge in [0, 0.05) is 82.7 Å². The first-order valence-corrected chi connectivity index (χ1v) is 10.9. The fourth-order valence-corrected chi connectivity index (χ4v) is 10.6. The van der Waals surface area contributed by atoms with Gasteiger partial charge >= 0.3 is 5.69 Å². The van der Waals surface area contributed by atoms with Crippen LogP contribution in [0.25, 0.3) is 0 Å². The molecule has 9 rings (SSSR count). The summed E-state index contributed by atoms with van der Waals surface area (Å²) in [6.45, 7) is 4.88. The molecule has 17 heteroatoms. The van der Waals surface area contributed by atoms with Gasteiger partial charge in [-0.1, -0.05) is 0 Å². The van der Waals surface area contributed by atoms with Crippen LogP contribution in [0.5, 0.6) is 0 Å². The van der Waals surface area contributed by atoms with Gasteiger partial charge in [0.25, 0.3) is 5.56 Å². The summed E-state index contributed by atoms with van der Waals surface area (Å²) in [5.74, 6) is 0. The van der Waals surface area contributed by atoms with Gasteiger partial charge in [0.2, 0.25) is 0 Å². The summed E-state index contributed by atoms with van der Waals surface area (Å²) >= 11 is 0. The largest absolute Gasteiger partial charge is 0.394 e. The van der Waals surface area contributed by atoms with E-state index >= 15 is 0 Å². The second-order valence-corrected chi connectivity index (χ2v) is 11.0. The number of rotatable bonds is 3. The number of nitrogens with one attached hydrogen (secondary N) is 1. The molecular formula is C11H12B10N2O5. The Morgan fingerprint density at radius 3 is 2.50 bits per heavy atom. The quantitative estimate of drug-likeness (QED) is 0.467. The lowest BCUT2D eigenvalue weighted by Gasteiger charge is -2.64. The zero-order chi connectivity index (χ0) is 18.4. The van der Waals surface area contributed by atoms with E-state index in [0.29, 0.717) is 19.5 Å². The van der Waals surface area contributed by atoms with Gasteiger partial charge in [-0.05, 0) is 0 Å². The molecule has 8 aliphatic heterocycles. The monoisotopic (exact) mass is 362 g/mol. The SMILES string of the molecule is O=c1[nH]c(=O)n(C2CC(O)C(CO)O2)cc1C12B3B4B5B6B(B3B1B42)B1B5C61. The summed E-state index contributed by atoms with van der Waals surface area (Å²) in [5.41, 5.74) is 1.17. The topological polar surface area (TPSA) is 105 Å². The Hall–Kier alpha value is -0.791. The van der Waals surface area contributed by atoms with Gasteiger partial charge in [0.1, 0.15) is 12.3 Å². The molecule has 28 heavy (non-hydrogen) atoms. The normalized spacial score (nSPS) is 35.4. The summed E-state index contributed by atoms with van der Waals surface area (Å²) < 4.78 is 7.13. The lowest BCUT2D eigenvalue weighted by atomic mass is 8.34. The van der Waals surface area contributed by atoms with E-state index in [1.807, 2.05) is 0 Å². The third-order valence-corrected chi connectivity index (χ3v) is 11.0. The molecule has 8 fully saturated rings. The maximum absolute atomic E-state index is 12.8. The molecule has 0 radical (unpaired) electrons. The first kappa shape index (κ1) is 15.1. The van der Waals surface area contributed by atoms with Crippen molar-refractivity contribution in [1.29, 1.82) is 0 Å². The molecule has 0 saturated carbocycles. The lowest BCUT2D eigenvalue weighted by Crippen LogP contribution is -2.95. The summed E-state index contributed by atoms with van der Waals surface area (Å²) in [7, 11) is 0. The predicted molar refractivity (Wildman–Crippen MR) is 116 cm³/mol. The number of aromatic nitrogens is 2. The Bertz CT molecular complexity index is 1100. The van der Waals surface area contributed by atoms with Gasteiger partial charge in [-0.15, -0.1) is 10.7 Å². The van der Waals surface area contributed by atoms with Crippen LogP contribution < -0.4 is 11.2 Å². The van der Waals surface area contributed by atoms with Gasteiger partial charge in [-0.25, -0.2) is 4.79 Å². The average molecular weight is 360 g/mol. The van der Waals surface area contributed by atoms with Crippen molar-refractivity contribution in [2.45, 2.75) is 35.6 Å².